The molecule has 90 valence electrons. The summed E-state index contributed by atoms with van der Waals surface area (Å²) in [5, 5.41) is -0.305. The topological polar surface area (TPSA) is 26.0 Å². The smallest absolute Gasteiger partial charge is 0.324 e. The third-order valence-electron chi connectivity index (χ3n) is 2.40. The molecule has 1 nitrogen and oxygen atoms in total. The Morgan fingerprint density at radius 1 is 1.25 bits per heavy atom. The van der Waals surface area contributed by atoms with E-state index in [4.69, 9.17) is 17.3 Å². The molecule has 0 aliphatic rings. The van der Waals surface area contributed by atoms with Gasteiger partial charge in [0, 0.05) is 6.04 Å². The van der Waals surface area contributed by atoms with Crippen LogP contribution in [0.15, 0.2) is 18.2 Å². The van der Waals surface area contributed by atoms with Crippen molar-refractivity contribution in [3.63, 3.8) is 0 Å². The van der Waals surface area contributed by atoms with Gasteiger partial charge in [-0.05, 0) is 23.6 Å². The second-order valence-electron chi connectivity index (χ2n) is 4.01. The highest BCUT2D eigenvalue weighted by molar-refractivity contribution is 6.31. The quantitative estimate of drug-likeness (QED) is 0.844. The van der Waals surface area contributed by atoms with Gasteiger partial charge in [-0.25, -0.2) is 0 Å². The summed E-state index contributed by atoms with van der Waals surface area (Å²) in [6, 6.07) is 3.33. The molecule has 0 fully saturated rings. The minimum atomic E-state index is -4.42. The second kappa shape index (κ2) is 4.63. The summed E-state index contributed by atoms with van der Waals surface area (Å²) in [5.41, 5.74) is 5.62. The first-order valence-corrected chi connectivity index (χ1v) is 5.23. The number of hydrogen-bond acceptors (Lipinski definition) is 1. The maximum atomic E-state index is 12.4. The molecule has 5 heteroatoms. The standard InChI is InChI=1S/C11H13ClF3N/c1-6(2)10(16)7-3-4-8(9(12)5-7)11(13,14)15/h3-6,10H,16H2,1-2H3/t10-/m1/s1. The van der Waals surface area contributed by atoms with Gasteiger partial charge in [0.15, 0.2) is 0 Å². The van der Waals surface area contributed by atoms with E-state index in [2.05, 4.69) is 0 Å². The predicted octanol–water partition coefficient (Wildman–Crippen LogP) is 4.01. The molecule has 0 spiro atoms. The highest BCUT2D eigenvalue weighted by Crippen LogP contribution is 2.36. The molecule has 1 atom stereocenters. The Balaban J connectivity index is 3.09. The Kier molecular flexibility index (Phi) is 3.86. The number of nitrogens with two attached hydrogens (primary N) is 1. The molecular formula is C11H13ClF3N. The molecular weight excluding hydrogens is 239 g/mol. The summed E-state index contributed by atoms with van der Waals surface area (Å²) >= 11 is 5.59. The number of rotatable bonds is 2. The predicted molar refractivity (Wildman–Crippen MR) is 58.2 cm³/mol. The van der Waals surface area contributed by atoms with Crippen molar-refractivity contribution < 1.29 is 13.2 Å². The molecule has 0 aliphatic carbocycles. The summed E-state index contributed by atoms with van der Waals surface area (Å²) in [7, 11) is 0. The molecule has 16 heavy (non-hydrogen) atoms. The molecule has 0 amide bonds. The van der Waals surface area contributed by atoms with E-state index >= 15 is 0 Å². The second-order valence-corrected chi connectivity index (χ2v) is 4.41. The maximum Gasteiger partial charge on any atom is 0.417 e. The molecule has 0 bridgehead atoms. The fourth-order valence-electron chi connectivity index (χ4n) is 1.35. The van der Waals surface area contributed by atoms with Crippen LogP contribution < -0.4 is 5.73 Å². The van der Waals surface area contributed by atoms with Crippen LogP contribution in [0.1, 0.15) is 31.0 Å². The van der Waals surface area contributed by atoms with Gasteiger partial charge in [-0.2, -0.15) is 13.2 Å². The van der Waals surface area contributed by atoms with Gasteiger partial charge in [-0.3, -0.25) is 0 Å². The van der Waals surface area contributed by atoms with Crippen LogP contribution in [0.25, 0.3) is 0 Å². The normalized spacial score (nSPS) is 14.2. The molecule has 1 aromatic carbocycles. The van der Waals surface area contributed by atoms with Crippen LogP contribution in [0.3, 0.4) is 0 Å². The third kappa shape index (κ3) is 2.89. The monoisotopic (exact) mass is 251 g/mol. The lowest BCUT2D eigenvalue weighted by Crippen LogP contribution is -2.17. The molecule has 0 radical (unpaired) electrons. The van der Waals surface area contributed by atoms with E-state index in [1.54, 1.807) is 0 Å². The highest BCUT2D eigenvalue weighted by atomic mass is 35.5. The van der Waals surface area contributed by atoms with Gasteiger partial charge in [-0.1, -0.05) is 31.5 Å². The summed E-state index contributed by atoms with van der Waals surface area (Å²) in [6.07, 6.45) is -4.42. The van der Waals surface area contributed by atoms with E-state index in [1.807, 2.05) is 13.8 Å². The van der Waals surface area contributed by atoms with Crippen molar-refractivity contribution >= 4 is 11.6 Å². The third-order valence-corrected chi connectivity index (χ3v) is 2.71. The molecule has 0 unspecified atom stereocenters. The minimum absolute atomic E-state index is 0.146. The molecule has 0 aliphatic heterocycles. The van der Waals surface area contributed by atoms with Crippen molar-refractivity contribution in [2.24, 2.45) is 11.7 Å². The van der Waals surface area contributed by atoms with Crippen LogP contribution in [-0.2, 0) is 6.18 Å². The Morgan fingerprint density at radius 3 is 2.19 bits per heavy atom. The largest absolute Gasteiger partial charge is 0.417 e. The number of halogens is 4. The van der Waals surface area contributed by atoms with E-state index in [-0.39, 0.29) is 17.0 Å². The van der Waals surface area contributed by atoms with Gasteiger partial charge < -0.3 is 5.73 Å². The molecule has 0 saturated heterocycles. The first-order valence-electron chi connectivity index (χ1n) is 4.85. The summed E-state index contributed by atoms with van der Waals surface area (Å²) < 4.78 is 37.3. The van der Waals surface area contributed by atoms with E-state index in [0.29, 0.717) is 5.56 Å². The average molecular weight is 252 g/mol. The Bertz CT molecular complexity index is 374. The Hall–Kier alpha value is -0.740. The maximum absolute atomic E-state index is 12.4. The van der Waals surface area contributed by atoms with Gasteiger partial charge in [0.25, 0.3) is 0 Å². The van der Waals surface area contributed by atoms with Crippen LogP contribution in [0.2, 0.25) is 5.02 Å². The van der Waals surface area contributed by atoms with Crippen molar-refractivity contribution in [2.45, 2.75) is 26.1 Å². The van der Waals surface area contributed by atoms with Crippen LogP contribution in [-0.4, -0.2) is 0 Å². The van der Waals surface area contributed by atoms with Crippen LogP contribution in [0, 0.1) is 5.92 Å². The van der Waals surface area contributed by atoms with E-state index in [0.717, 1.165) is 6.07 Å². The van der Waals surface area contributed by atoms with Crippen LogP contribution in [0.5, 0.6) is 0 Å². The number of benzene rings is 1. The van der Waals surface area contributed by atoms with Crippen molar-refractivity contribution in [3.05, 3.63) is 34.3 Å². The summed E-state index contributed by atoms with van der Waals surface area (Å²) in [6.45, 7) is 3.80. The van der Waals surface area contributed by atoms with Gasteiger partial charge in [0.1, 0.15) is 0 Å². The Labute approximate surface area is 97.4 Å². The van der Waals surface area contributed by atoms with Gasteiger partial charge in [0.05, 0.1) is 10.6 Å². The SMILES string of the molecule is CC(C)[C@@H](N)c1ccc(C(F)(F)F)c(Cl)c1. The fraction of sp³-hybridized carbons (Fsp3) is 0.455. The van der Waals surface area contributed by atoms with E-state index in [9.17, 15) is 13.2 Å². The molecule has 0 aromatic heterocycles. The first kappa shape index (κ1) is 13.3. The molecule has 0 saturated carbocycles. The van der Waals surface area contributed by atoms with Crippen molar-refractivity contribution in [1.29, 1.82) is 0 Å². The van der Waals surface area contributed by atoms with E-state index < -0.39 is 11.7 Å². The molecule has 1 aromatic rings. The molecule has 1 rings (SSSR count). The lowest BCUT2D eigenvalue weighted by Gasteiger charge is -2.17. The number of hydrogen-bond donors (Lipinski definition) is 1. The first-order chi connectivity index (χ1) is 7.23. The Morgan fingerprint density at radius 2 is 1.81 bits per heavy atom. The lowest BCUT2D eigenvalue weighted by molar-refractivity contribution is -0.137. The molecule has 0 heterocycles. The van der Waals surface area contributed by atoms with E-state index in [1.165, 1.54) is 12.1 Å². The van der Waals surface area contributed by atoms with Gasteiger partial charge in [0.2, 0.25) is 0 Å². The summed E-state index contributed by atoms with van der Waals surface area (Å²) in [5.74, 6) is 0.146. The van der Waals surface area contributed by atoms with Crippen molar-refractivity contribution in [2.75, 3.05) is 0 Å². The fourth-order valence-corrected chi connectivity index (χ4v) is 1.65. The lowest BCUT2D eigenvalue weighted by atomic mass is 9.96. The number of alkyl halides is 3. The van der Waals surface area contributed by atoms with Crippen molar-refractivity contribution in [1.82, 2.24) is 0 Å². The van der Waals surface area contributed by atoms with Gasteiger partial charge >= 0.3 is 6.18 Å². The zero-order valence-electron chi connectivity index (χ0n) is 8.98. The summed E-state index contributed by atoms with van der Waals surface area (Å²) in [4.78, 5) is 0. The minimum Gasteiger partial charge on any atom is -0.324 e. The zero-order valence-corrected chi connectivity index (χ0v) is 9.73. The molecule has 2 N–H and O–H groups in total. The van der Waals surface area contributed by atoms with Crippen LogP contribution in [0.4, 0.5) is 13.2 Å². The van der Waals surface area contributed by atoms with Crippen LogP contribution >= 0.6 is 11.6 Å². The average Bonchev–Trinajstić information content (AvgIpc) is 2.14. The highest BCUT2D eigenvalue weighted by Gasteiger charge is 2.33. The van der Waals surface area contributed by atoms with Crippen molar-refractivity contribution in [3.8, 4) is 0 Å². The zero-order chi connectivity index (χ0) is 12.5. The van der Waals surface area contributed by atoms with Gasteiger partial charge in [-0.15, -0.1) is 0 Å².